The fraction of sp³-hybridized carbons (Fsp3) is 0. The number of hydrogen-bond donors (Lipinski definition) is 0. The smallest absolute Gasteiger partial charge is 0.161 e. The van der Waals surface area contributed by atoms with Gasteiger partial charge in [-0.2, -0.15) is 15.8 Å². The Morgan fingerprint density at radius 2 is 0.630 bits per heavy atom. The summed E-state index contributed by atoms with van der Waals surface area (Å²) in [6.07, 6.45) is 0. The van der Waals surface area contributed by atoms with Crippen molar-refractivity contribution in [3.8, 4) is 91.4 Å². The summed E-state index contributed by atoms with van der Waals surface area (Å²) in [7, 11) is 0. The molecule has 0 bridgehead atoms. The van der Waals surface area contributed by atoms with E-state index in [1.807, 2.05) is 60.7 Å². The van der Waals surface area contributed by atoms with Crippen molar-refractivity contribution < 1.29 is 0 Å². The predicted octanol–water partition coefficient (Wildman–Crippen LogP) is 17.7. The van der Waals surface area contributed by atoms with Gasteiger partial charge in [-0.3, -0.25) is 0 Å². The summed E-state index contributed by atoms with van der Waals surface area (Å²) in [6, 6.07) is 94.5. The SMILES string of the molecule is N#Cc1cc(-n2c3ccc(-n4c5ccccc5c5ccccc54)cc3c3cc(-n4c5ccccc5c5ccccc54)ccc32)ccc1-c1ccc(-c2ccc(-c3cc(-c4ccccc4C#N)nc(-c4ccccc4C#N)n3)cc2)cc1. The van der Waals surface area contributed by atoms with E-state index in [2.05, 4.69) is 214 Å². The zero-order valence-electron chi connectivity index (χ0n) is 43.3. The average molecular weight is 1030 g/mol. The summed E-state index contributed by atoms with van der Waals surface area (Å²) in [5.41, 5.74) is 18.5. The van der Waals surface area contributed by atoms with E-state index >= 15 is 0 Å². The van der Waals surface area contributed by atoms with Gasteiger partial charge in [-0.05, 0) is 119 Å². The minimum Gasteiger partial charge on any atom is -0.309 e. The minimum absolute atomic E-state index is 0.405. The Morgan fingerprint density at radius 3 is 1.12 bits per heavy atom. The zero-order chi connectivity index (χ0) is 54.1. The van der Waals surface area contributed by atoms with E-state index in [0.717, 1.165) is 88.8 Å². The van der Waals surface area contributed by atoms with Crippen LogP contribution < -0.4 is 0 Å². The summed E-state index contributed by atoms with van der Waals surface area (Å²) in [5.74, 6) is 0.405. The van der Waals surface area contributed by atoms with Gasteiger partial charge in [-0.1, -0.05) is 158 Å². The van der Waals surface area contributed by atoms with Crippen LogP contribution in [0.15, 0.2) is 255 Å². The Kier molecular flexibility index (Phi) is 10.8. The third-order valence-electron chi connectivity index (χ3n) is 15.8. The van der Waals surface area contributed by atoms with Crippen LogP contribution in [0.2, 0.25) is 0 Å². The van der Waals surface area contributed by atoms with Crippen LogP contribution >= 0.6 is 0 Å². The van der Waals surface area contributed by atoms with Crippen molar-refractivity contribution in [1.82, 2.24) is 23.7 Å². The van der Waals surface area contributed by atoms with Gasteiger partial charge in [0.25, 0.3) is 0 Å². The Bertz CT molecular complexity index is 4860. The summed E-state index contributed by atoms with van der Waals surface area (Å²) in [4.78, 5) is 9.85. The maximum Gasteiger partial charge on any atom is 0.161 e. The number of nitrogens with zero attached hydrogens (tertiary/aromatic N) is 8. The van der Waals surface area contributed by atoms with E-state index in [1.54, 1.807) is 12.1 Å². The monoisotopic (exact) mass is 1030 g/mol. The summed E-state index contributed by atoms with van der Waals surface area (Å²) >= 11 is 0. The molecule has 15 aromatic rings. The molecule has 0 saturated carbocycles. The highest BCUT2D eigenvalue weighted by atomic mass is 15.0. The molecule has 0 atom stereocenters. The lowest BCUT2D eigenvalue weighted by Gasteiger charge is -2.13. The van der Waals surface area contributed by atoms with E-state index in [1.165, 1.54) is 21.5 Å². The molecule has 81 heavy (non-hydrogen) atoms. The van der Waals surface area contributed by atoms with Crippen molar-refractivity contribution in [2.45, 2.75) is 0 Å². The lowest BCUT2D eigenvalue weighted by molar-refractivity contribution is 1.16. The second kappa shape index (κ2) is 18.8. The molecule has 8 heteroatoms. The molecule has 0 aliphatic carbocycles. The molecular formula is C73H42N8. The van der Waals surface area contributed by atoms with Crippen molar-refractivity contribution in [2.24, 2.45) is 0 Å². The number of nitriles is 3. The molecule has 0 fully saturated rings. The van der Waals surface area contributed by atoms with Crippen molar-refractivity contribution in [1.29, 1.82) is 15.8 Å². The Hall–Kier alpha value is -11.6. The Morgan fingerprint density at radius 1 is 0.259 bits per heavy atom. The molecule has 11 aromatic carbocycles. The summed E-state index contributed by atoms with van der Waals surface area (Å²) in [6.45, 7) is 0. The first-order valence-electron chi connectivity index (χ1n) is 26.7. The molecule has 0 spiro atoms. The van der Waals surface area contributed by atoms with Gasteiger partial charge < -0.3 is 13.7 Å². The van der Waals surface area contributed by atoms with Crippen LogP contribution in [0.5, 0.6) is 0 Å². The zero-order valence-corrected chi connectivity index (χ0v) is 43.3. The number of aromatic nitrogens is 5. The van der Waals surface area contributed by atoms with E-state index in [9.17, 15) is 15.8 Å². The molecule has 0 aliphatic rings. The Balaban J connectivity index is 0.807. The van der Waals surface area contributed by atoms with Crippen LogP contribution in [0.4, 0.5) is 0 Å². The molecule has 15 rings (SSSR count). The molecule has 8 nitrogen and oxygen atoms in total. The predicted molar refractivity (Wildman–Crippen MR) is 326 cm³/mol. The van der Waals surface area contributed by atoms with Crippen molar-refractivity contribution in [3.05, 3.63) is 271 Å². The maximum atomic E-state index is 10.9. The first kappa shape index (κ1) is 46.7. The maximum absolute atomic E-state index is 10.9. The summed E-state index contributed by atoms with van der Waals surface area (Å²) < 4.78 is 7.04. The highest BCUT2D eigenvalue weighted by Crippen LogP contribution is 2.41. The number of rotatable bonds is 8. The summed E-state index contributed by atoms with van der Waals surface area (Å²) in [5, 5.41) is 37.9. The van der Waals surface area contributed by atoms with E-state index < -0.39 is 0 Å². The van der Waals surface area contributed by atoms with Gasteiger partial charge in [-0.25, -0.2) is 9.97 Å². The highest BCUT2D eigenvalue weighted by molar-refractivity contribution is 6.14. The van der Waals surface area contributed by atoms with Crippen molar-refractivity contribution >= 4 is 65.4 Å². The minimum atomic E-state index is 0.405. The Labute approximate surface area is 465 Å². The van der Waals surface area contributed by atoms with Crippen LogP contribution in [0.25, 0.3) is 139 Å². The largest absolute Gasteiger partial charge is 0.309 e. The topological polar surface area (TPSA) is 112 Å². The standard InChI is InChI=1S/C73H42N8/c74-43-50-13-1-3-15-57(50)66-42-65(77-73(78-66)58-16-4-2-14-51(58)44-75)49-31-27-47(28-32-49)46-25-29-48(30-26-46)56-36-33-53(39-52(56)45-76)79-71-37-34-54(80-67-21-9-5-17-59(67)60-18-6-10-22-68(60)80)40-63(71)64-41-55(35-38-72(64)79)81-69-23-11-7-19-61(69)62-20-8-12-24-70(62)81/h1-42H. The highest BCUT2D eigenvalue weighted by Gasteiger charge is 2.21. The number of hydrogen-bond acceptors (Lipinski definition) is 5. The normalized spacial score (nSPS) is 11.4. The number of benzene rings is 11. The molecule has 0 saturated heterocycles. The first-order chi connectivity index (χ1) is 40.0. The van der Waals surface area contributed by atoms with Gasteiger partial charge in [0, 0.05) is 66.1 Å². The first-order valence-corrected chi connectivity index (χ1v) is 26.7. The van der Waals surface area contributed by atoms with Crippen LogP contribution in [0.3, 0.4) is 0 Å². The number of para-hydroxylation sites is 4. The lowest BCUT2D eigenvalue weighted by atomic mass is 9.96. The second-order valence-electron chi connectivity index (χ2n) is 20.3. The third-order valence-corrected chi connectivity index (χ3v) is 15.8. The van der Waals surface area contributed by atoms with Crippen LogP contribution in [0, 0.1) is 34.0 Å². The van der Waals surface area contributed by atoms with Gasteiger partial charge in [0.1, 0.15) is 0 Å². The molecule has 4 aromatic heterocycles. The molecule has 0 amide bonds. The fourth-order valence-electron chi connectivity index (χ4n) is 12.1. The van der Waals surface area contributed by atoms with Gasteiger partial charge >= 0.3 is 0 Å². The average Bonchev–Trinajstić information content (AvgIpc) is 3.68. The van der Waals surface area contributed by atoms with Crippen molar-refractivity contribution in [2.75, 3.05) is 0 Å². The van der Waals surface area contributed by atoms with Gasteiger partial charge in [-0.15, -0.1) is 0 Å². The molecule has 0 aliphatic heterocycles. The van der Waals surface area contributed by atoms with Crippen molar-refractivity contribution in [3.63, 3.8) is 0 Å². The molecule has 4 heterocycles. The fourth-order valence-corrected chi connectivity index (χ4v) is 12.1. The lowest BCUT2D eigenvalue weighted by Crippen LogP contribution is -1.98. The van der Waals surface area contributed by atoms with Crippen LogP contribution in [0.1, 0.15) is 16.7 Å². The molecule has 0 unspecified atom stereocenters. The van der Waals surface area contributed by atoms with Gasteiger partial charge in [0.2, 0.25) is 0 Å². The molecule has 0 radical (unpaired) electrons. The van der Waals surface area contributed by atoms with Gasteiger partial charge in [0.15, 0.2) is 5.82 Å². The van der Waals surface area contributed by atoms with E-state index in [0.29, 0.717) is 45.0 Å². The third kappa shape index (κ3) is 7.58. The molecule has 0 N–H and O–H groups in total. The quantitative estimate of drug-likeness (QED) is 0.150. The number of fused-ring (bicyclic) bond motifs is 9. The van der Waals surface area contributed by atoms with E-state index in [-0.39, 0.29) is 0 Å². The second-order valence-corrected chi connectivity index (χ2v) is 20.3. The van der Waals surface area contributed by atoms with E-state index in [4.69, 9.17) is 9.97 Å². The van der Waals surface area contributed by atoms with Gasteiger partial charge in [0.05, 0.1) is 79.4 Å². The molecular weight excluding hydrogens is 989 g/mol. The van der Waals surface area contributed by atoms with Crippen LogP contribution in [-0.4, -0.2) is 23.7 Å². The van der Waals surface area contributed by atoms with Crippen LogP contribution in [-0.2, 0) is 0 Å². The molecule has 374 valence electrons.